The van der Waals surface area contributed by atoms with E-state index >= 15 is 0 Å². The van der Waals surface area contributed by atoms with Gasteiger partial charge in [-0.3, -0.25) is 9.59 Å². The van der Waals surface area contributed by atoms with Crippen LogP contribution in [0, 0.1) is 5.92 Å². The van der Waals surface area contributed by atoms with Gasteiger partial charge in [0.2, 0.25) is 5.91 Å². The Hall–Kier alpha value is -3.78. The van der Waals surface area contributed by atoms with Gasteiger partial charge in [-0.1, -0.05) is 12.1 Å². The zero-order chi connectivity index (χ0) is 27.4. The quantitative estimate of drug-likeness (QED) is 0.436. The maximum atomic E-state index is 13.8. The Morgan fingerprint density at radius 3 is 2.63 bits per heavy atom. The minimum atomic E-state index is -4.57. The molecule has 2 aliphatic rings. The second kappa shape index (κ2) is 11.3. The number of nitrogens with zero attached hydrogens (tertiary/aromatic N) is 4. The van der Waals surface area contributed by atoms with Gasteiger partial charge >= 0.3 is 12.2 Å². The van der Waals surface area contributed by atoms with Crippen LogP contribution in [0.4, 0.5) is 28.2 Å². The van der Waals surface area contributed by atoms with Crippen molar-refractivity contribution in [2.24, 2.45) is 5.92 Å². The highest BCUT2D eigenvalue weighted by Crippen LogP contribution is 2.30. The first-order chi connectivity index (χ1) is 18.0. The normalized spacial score (nSPS) is 22.6. The lowest BCUT2D eigenvalue weighted by Gasteiger charge is -2.31. The Kier molecular flexibility index (Phi) is 8.11. The summed E-state index contributed by atoms with van der Waals surface area (Å²) in [5, 5.41) is 14.5. The molecular weight excluding hydrogens is 514 g/mol. The Bertz CT molecular complexity index is 1170. The van der Waals surface area contributed by atoms with Crippen LogP contribution in [-0.4, -0.2) is 69.0 Å². The number of carbonyl (C=O) groups excluding carboxylic acids is 3. The van der Waals surface area contributed by atoms with Gasteiger partial charge < -0.3 is 20.9 Å². The van der Waals surface area contributed by atoms with Crippen molar-refractivity contribution in [3.05, 3.63) is 35.3 Å². The first-order valence-electron chi connectivity index (χ1n) is 12.2. The molecule has 3 heterocycles. The van der Waals surface area contributed by atoms with Crippen molar-refractivity contribution in [2.45, 2.75) is 70.0 Å². The van der Waals surface area contributed by atoms with Crippen LogP contribution in [0.1, 0.15) is 54.4 Å². The summed E-state index contributed by atoms with van der Waals surface area (Å²) in [5.41, 5.74) is 0.709. The van der Waals surface area contributed by atoms with E-state index in [-0.39, 0.29) is 36.8 Å². The van der Waals surface area contributed by atoms with E-state index in [2.05, 4.69) is 30.6 Å². The molecule has 2 aromatic heterocycles. The topological polar surface area (TPSA) is 142 Å². The Morgan fingerprint density at radius 2 is 1.97 bits per heavy atom. The van der Waals surface area contributed by atoms with Crippen molar-refractivity contribution in [3.63, 3.8) is 0 Å². The lowest BCUT2D eigenvalue weighted by Crippen LogP contribution is -2.49. The second-order valence-corrected chi connectivity index (χ2v) is 9.34. The standard InChI is InChI=1S/C23H27F4N7O4/c1-2-15-19(33-38-32-15)21(36)31-18(13-3-5-14(24)6-4-13)20(35)30-17-9-12(7-8-28-17)10-34-11-16(23(25,26)27)29-22(34)37/h7-9,13-14,16,18H,2-6,10-11H2,1H3,(H,29,37)(H,31,36)(H,28,30,35)/t13?,14?,16-,18-/m0/s1. The molecule has 0 bridgehead atoms. The van der Waals surface area contributed by atoms with Crippen LogP contribution in [0.15, 0.2) is 23.0 Å². The number of anilines is 1. The third kappa shape index (κ3) is 6.37. The molecule has 2 fully saturated rings. The van der Waals surface area contributed by atoms with E-state index < -0.39 is 48.8 Å². The zero-order valence-electron chi connectivity index (χ0n) is 20.4. The van der Waals surface area contributed by atoms with E-state index in [0.29, 0.717) is 30.5 Å². The van der Waals surface area contributed by atoms with E-state index in [4.69, 9.17) is 0 Å². The maximum absolute atomic E-state index is 13.8. The van der Waals surface area contributed by atoms with Gasteiger partial charge in [0.05, 0.1) is 6.54 Å². The number of halogens is 4. The van der Waals surface area contributed by atoms with Gasteiger partial charge in [-0.15, -0.1) is 0 Å². The van der Waals surface area contributed by atoms with Gasteiger partial charge in [0.25, 0.3) is 5.91 Å². The number of urea groups is 1. The van der Waals surface area contributed by atoms with Crippen LogP contribution >= 0.6 is 0 Å². The van der Waals surface area contributed by atoms with Crippen molar-refractivity contribution in [3.8, 4) is 0 Å². The molecule has 2 atom stereocenters. The summed E-state index contributed by atoms with van der Waals surface area (Å²) < 4.78 is 57.3. The fraction of sp³-hybridized carbons (Fsp3) is 0.565. The molecule has 1 aliphatic carbocycles. The molecule has 2 aromatic rings. The molecular formula is C23H27F4N7O4. The molecule has 0 radical (unpaired) electrons. The number of pyridine rings is 1. The Balaban J connectivity index is 1.46. The van der Waals surface area contributed by atoms with Gasteiger partial charge in [0.15, 0.2) is 5.69 Å². The third-order valence-electron chi connectivity index (χ3n) is 6.68. The predicted octanol–water partition coefficient (Wildman–Crippen LogP) is 2.75. The van der Waals surface area contributed by atoms with Crippen LogP contribution in [-0.2, 0) is 17.8 Å². The summed E-state index contributed by atoms with van der Waals surface area (Å²) in [6.07, 6.45) is -2.58. The number of alkyl halides is 4. The number of amides is 4. The summed E-state index contributed by atoms with van der Waals surface area (Å²) in [6, 6.07) is -0.920. The summed E-state index contributed by atoms with van der Waals surface area (Å²) in [7, 11) is 0. The molecule has 206 valence electrons. The average molecular weight is 542 g/mol. The van der Waals surface area contributed by atoms with Crippen molar-refractivity contribution >= 4 is 23.7 Å². The van der Waals surface area contributed by atoms with E-state index in [1.54, 1.807) is 6.92 Å². The number of carbonyl (C=O) groups is 3. The molecule has 0 spiro atoms. The fourth-order valence-corrected chi connectivity index (χ4v) is 4.61. The van der Waals surface area contributed by atoms with Crippen molar-refractivity contribution in [1.29, 1.82) is 0 Å². The Labute approximate surface area is 214 Å². The molecule has 38 heavy (non-hydrogen) atoms. The molecule has 1 aliphatic heterocycles. The maximum Gasteiger partial charge on any atom is 0.410 e. The summed E-state index contributed by atoms with van der Waals surface area (Å²) in [5.74, 6) is -1.54. The second-order valence-electron chi connectivity index (χ2n) is 9.34. The van der Waals surface area contributed by atoms with Gasteiger partial charge in [-0.25, -0.2) is 18.8 Å². The molecule has 0 unspecified atom stereocenters. The molecule has 11 nitrogen and oxygen atoms in total. The van der Waals surface area contributed by atoms with Crippen molar-refractivity contribution < 1.29 is 36.6 Å². The minimum absolute atomic E-state index is 0.0503. The highest BCUT2D eigenvalue weighted by atomic mass is 19.4. The van der Waals surface area contributed by atoms with Gasteiger partial charge in [0, 0.05) is 12.7 Å². The smallest absolute Gasteiger partial charge is 0.338 e. The highest BCUT2D eigenvalue weighted by Gasteiger charge is 2.46. The fourth-order valence-electron chi connectivity index (χ4n) is 4.61. The van der Waals surface area contributed by atoms with E-state index in [9.17, 15) is 31.9 Å². The molecule has 1 saturated carbocycles. The van der Waals surface area contributed by atoms with E-state index in [1.165, 1.54) is 18.3 Å². The van der Waals surface area contributed by atoms with Gasteiger partial charge in [-0.05, 0) is 60.9 Å². The summed E-state index contributed by atoms with van der Waals surface area (Å²) >= 11 is 0. The molecule has 1 saturated heterocycles. The van der Waals surface area contributed by atoms with Crippen molar-refractivity contribution in [2.75, 3.05) is 11.9 Å². The number of hydrogen-bond acceptors (Lipinski definition) is 7. The number of aromatic nitrogens is 3. The van der Waals surface area contributed by atoms with E-state index in [0.717, 1.165) is 4.90 Å². The molecule has 0 aromatic carbocycles. The largest absolute Gasteiger partial charge is 0.410 e. The van der Waals surface area contributed by atoms with Crippen LogP contribution in [0.3, 0.4) is 0 Å². The monoisotopic (exact) mass is 541 g/mol. The summed E-state index contributed by atoms with van der Waals surface area (Å²) in [6.45, 7) is 1.08. The predicted molar refractivity (Wildman–Crippen MR) is 123 cm³/mol. The van der Waals surface area contributed by atoms with Crippen LogP contribution in [0.2, 0.25) is 0 Å². The number of hydrogen-bond donors (Lipinski definition) is 3. The van der Waals surface area contributed by atoms with Crippen molar-refractivity contribution in [1.82, 2.24) is 30.8 Å². The molecule has 4 amide bonds. The SMILES string of the molecule is CCc1nonc1C(=O)N[C@H](C(=O)Nc1cc(CN2C[C@@H](C(F)(F)F)NC2=O)ccn1)C1CCC(F)CC1. The van der Waals surface area contributed by atoms with Gasteiger partial charge in [0.1, 0.15) is 29.8 Å². The number of nitrogens with one attached hydrogen (secondary N) is 3. The van der Waals surface area contributed by atoms with Crippen LogP contribution in [0.25, 0.3) is 0 Å². The van der Waals surface area contributed by atoms with Gasteiger partial charge in [-0.2, -0.15) is 13.2 Å². The first kappa shape index (κ1) is 27.3. The first-order valence-corrected chi connectivity index (χ1v) is 12.2. The van der Waals surface area contributed by atoms with Crippen LogP contribution < -0.4 is 16.0 Å². The molecule has 3 N–H and O–H groups in total. The van der Waals surface area contributed by atoms with Crippen LogP contribution in [0.5, 0.6) is 0 Å². The average Bonchev–Trinajstić information content (AvgIpc) is 3.50. The lowest BCUT2D eigenvalue weighted by atomic mass is 9.82. The number of rotatable bonds is 8. The lowest BCUT2D eigenvalue weighted by molar-refractivity contribution is -0.149. The Morgan fingerprint density at radius 1 is 1.24 bits per heavy atom. The summed E-state index contributed by atoms with van der Waals surface area (Å²) in [4.78, 5) is 43.2. The van der Waals surface area contributed by atoms with E-state index in [1.807, 2.05) is 5.32 Å². The molecule has 4 rings (SSSR count). The third-order valence-corrected chi connectivity index (χ3v) is 6.68. The highest BCUT2D eigenvalue weighted by molar-refractivity contribution is 6.00. The minimum Gasteiger partial charge on any atom is -0.338 e. The number of aryl methyl sites for hydroxylation is 1. The zero-order valence-corrected chi connectivity index (χ0v) is 20.4. The molecule has 15 heteroatoms.